The third-order valence-electron chi connectivity index (χ3n) is 7.85. The van der Waals surface area contributed by atoms with Crippen LogP contribution in [0.1, 0.15) is 56.6 Å². The molecule has 0 spiro atoms. The third kappa shape index (κ3) is 4.96. The van der Waals surface area contributed by atoms with Gasteiger partial charge in [0.05, 0.1) is 17.4 Å². The van der Waals surface area contributed by atoms with Crippen molar-refractivity contribution in [2.75, 3.05) is 13.1 Å². The molecule has 4 heterocycles. The van der Waals surface area contributed by atoms with Crippen LogP contribution in [0.25, 0.3) is 44.3 Å². The van der Waals surface area contributed by atoms with Gasteiger partial charge >= 0.3 is 6.09 Å². The quantitative estimate of drug-likeness (QED) is 0.256. The summed E-state index contributed by atoms with van der Waals surface area (Å²) in [6, 6.07) is 17.8. The Morgan fingerprint density at radius 3 is 2.30 bits per heavy atom. The van der Waals surface area contributed by atoms with E-state index in [0.29, 0.717) is 19.1 Å². The van der Waals surface area contributed by atoms with Crippen molar-refractivity contribution in [3.05, 3.63) is 71.8 Å². The molecular formula is C33H37N5O2. The van der Waals surface area contributed by atoms with E-state index in [-0.39, 0.29) is 6.09 Å². The molecule has 1 amide bonds. The molecular weight excluding hydrogens is 498 g/mol. The first-order valence-electron chi connectivity index (χ1n) is 14.1. The lowest BCUT2D eigenvalue weighted by Crippen LogP contribution is -2.42. The van der Waals surface area contributed by atoms with Gasteiger partial charge in [-0.2, -0.15) is 0 Å². The summed E-state index contributed by atoms with van der Waals surface area (Å²) in [6.07, 6.45) is 3.49. The number of aromatic nitrogens is 4. The van der Waals surface area contributed by atoms with Gasteiger partial charge in [0.2, 0.25) is 0 Å². The summed E-state index contributed by atoms with van der Waals surface area (Å²) in [5, 5.41) is 1.23. The summed E-state index contributed by atoms with van der Waals surface area (Å²) >= 11 is 0. The number of pyridine rings is 1. The van der Waals surface area contributed by atoms with Crippen LogP contribution in [-0.4, -0.2) is 49.2 Å². The maximum atomic E-state index is 12.5. The zero-order chi connectivity index (χ0) is 28.2. The van der Waals surface area contributed by atoms with Gasteiger partial charge in [-0.3, -0.25) is 4.98 Å². The highest BCUT2D eigenvalue weighted by Crippen LogP contribution is 2.34. The van der Waals surface area contributed by atoms with Crippen molar-refractivity contribution < 1.29 is 9.53 Å². The largest absolute Gasteiger partial charge is 0.444 e. The number of H-pyrrole nitrogens is 1. The van der Waals surface area contributed by atoms with Gasteiger partial charge in [-0.25, -0.2) is 9.78 Å². The number of amides is 1. The average Bonchev–Trinajstić information content (AvgIpc) is 3.47. The number of carbonyl (C=O) groups is 1. The molecule has 1 saturated heterocycles. The molecule has 1 N–H and O–H groups in total. The minimum atomic E-state index is -0.476. The third-order valence-corrected chi connectivity index (χ3v) is 7.85. The predicted molar refractivity (Wildman–Crippen MR) is 161 cm³/mol. The summed E-state index contributed by atoms with van der Waals surface area (Å²) in [4.78, 5) is 27.3. The SMILES string of the molecule is Cc1cc(-c2[nH]c3cc(-c4ccc5c(c4)ncn5C4CCN(C(=O)OC(C)(C)C)CC4)ccc3c2C)cc(C)n1. The van der Waals surface area contributed by atoms with Crippen molar-refractivity contribution in [3.63, 3.8) is 0 Å². The van der Waals surface area contributed by atoms with Crippen molar-refractivity contribution in [1.29, 1.82) is 0 Å². The molecule has 1 fully saturated rings. The van der Waals surface area contributed by atoms with Crippen molar-refractivity contribution in [2.24, 2.45) is 0 Å². The zero-order valence-corrected chi connectivity index (χ0v) is 24.2. The normalized spacial score (nSPS) is 14.8. The van der Waals surface area contributed by atoms with E-state index in [9.17, 15) is 4.79 Å². The van der Waals surface area contributed by atoms with Gasteiger partial charge in [0, 0.05) is 52.7 Å². The minimum absolute atomic E-state index is 0.224. The van der Waals surface area contributed by atoms with Crippen LogP contribution in [0.2, 0.25) is 0 Å². The first kappa shape index (κ1) is 26.1. The van der Waals surface area contributed by atoms with E-state index in [2.05, 4.69) is 70.0 Å². The molecule has 6 rings (SSSR count). The summed E-state index contributed by atoms with van der Waals surface area (Å²) in [6.45, 7) is 13.3. The number of nitrogens with zero attached hydrogens (tertiary/aromatic N) is 4. The number of rotatable bonds is 3. The Kier molecular flexibility index (Phi) is 6.40. The number of nitrogens with one attached hydrogen (secondary N) is 1. The van der Waals surface area contributed by atoms with E-state index >= 15 is 0 Å². The molecule has 7 nitrogen and oxygen atoms in total. The maximum Gasteiger partial charge on any atom is 0.410 e. The van der Waals surface area contributed by atoms with Crippen LogP contribution in [0.4, 0.5) is 4.79 Å². The average molecular weight is 536 g/mol. The molecule has 0 aliphatic carbocycles. The van der Waals surface area contributed by atoms with Crippen molar-refractivity contribution in [3.8, 4) is 22.4 Å². The standard InChI is InChI=1S/C33H37N5O2/c1-20-15-25(16-21(2)35-20)31-22(3)27-9-7-23(17-28(27)36-31)24-8-10-30-29(18-24)34-19-38(30)26-11-13-37(14-12-26)32(39)40-33(4,5)6/h7-10,15-19,26,36H,11-14H2,1-6H3. The Labute approximate surface area is 235 Å². The molecule has 5 aromatic rings. The van der Waals surface area contributed by atoms with Gasteiger partial charge < -0.3 is 19.2 Å². The highest BCUT2D eigenvalue weighted by Gasteiger charge is 2.28. The maximum absolute atomic E-state index is 12.5. The van der Waals surface area contributed by atoms with Crippen molar-refractivity contribution in [2.45, 2.75) is 66.0 Å². The van der Waals surface area contributed by atoms with Crippen LogP contribution < -0.4 is 0 Å². The number of benzene rings is 2. The fourth-order valence-corrected chi connectivity index (χ4v) is 5.94. The second-order valence-corrected chi connectivity index (χ2v) is 12.1. The second-order valence-electron chi connectivity index (χ2n) is 12.1. The van der Waals surface area contributed by atoms with E-state index in [1.165, 1.54) is 16.5 Å². The lowest BCUT2D eigenvalue weighted by Gasteiger charge is -2.34. The molecule has 1 aliphatic rings. The topological polar surface area (TPSA) is 76.0 Å². The number of hydrogen-bond donors (Lipinski definition) is 1. The zero-order valence-electron chi connectivity index (χ0n) is 24.2. The highest BCUT2D eigenvalue weighted by molar-refractivity contribution is 5.94. The minimum Gasteiger partial charge on any atom is -0.444 e. The van der Waals surface area contributed by atoms with Gasteiger partial charge in [-0.1, -0.05) is 18.2 Å². The molecule has 0 atom stereocenters. The van der Waals surface area contributed by atoms with Crippen LogP contribution in [0.3, 0.4) is 0 Å². The lowest BCUT2D eigenvalue weighted by molar-refractivity contribution is 0.0189. The number of hydrogen-bond acceptors (Lipinski definition) is 4. The summed E-state index contributed by atoms with van der Waals surface area (Å²) < 4.78 is 7.83. The van der Waals surface area contributed by atoms with Crippen LogP contribution in [0, 0.1) is 20.8 Å². The van der Waals surface area contributed by atoms with E-state index in [4.69, 9.17) is 9.72 Å². The number of imidazole rings is 1. The smallest absolute Gasteiger partial charge is 0.410 e. The fraction of sp³-hybridized carbons (Fsp3) is 0.364. The van der Waals surface area contributed by atoms with Gasteiger partial charge in [0.25, 0.3) is 0 Å². The molecule has 2 aromatic carbocycles. The molecule has 1 aliphatic heterocycles. The molecule has 206 valence electrons. The van der Waals surface area contributed by atoms with Crippen LogP contribution in [0.5, 0.6) is 0 Å². The number of carbonyl (C=O) groups excluding carboxylic acids is 1. The fourth-order valence-electron chi connectivity index (χ4n) is 5.94. The summed E-state index contributed by atoms with van der Waals surface area (Å²) in [7, 11) is 0. The van der Waals surface area contributed by atoms with Gasteiger partial charge in [-0.15, -0.1) is 0 Å². The Bertz CT molecular complexity index is 1710. The van der Waals surface area contributed by atoms with Crippen molar-refractivity contribution in [1.82, 2.24) is 24.4 Å². The Morgan fingerprint density at radius 1 is 0.925 bits per heavy atom. The number of fused-ring (bicyclic) bond motifs is 2. The lowest BCUT2D eigenvalue weighted by atomic mass is 10.0. The van der Waals surface area contributed by atoms with Gasteiger partial charge in [0.15, 0.2) is 0 Å². The number of piperidine rings is 1. The Hall–Kier alpha value is -4.13. The van der Waals surface area contributed by atoms with Crippen LogP contribution >= 0.6 is 0 Å². The molecule has 0 bridgehead atoms. The Balaban J connectivity index is 1.23. The number of aromatic amines is 1. The van der Waals surface area contributed by atoms with Crippen LogP contribution in [0.15, 0.2) is 54.9 Å². The first-order chi connectivity index (χ1) is 19.1. The first-order valence-corrected chi connectivity index (χ1v) is 14.1. The molecule has 0 radical (unpaired) electrons. The van der Waals surface area contributed by atoms with Crippen molar-refractivity contribution >= 4 is 28.0 Å². The number of ether oxygens (including phenoxy) is 1. The molecule has 0 saturated carbocycles. The molecule has 7 heteroatoms. The van der Waals surface area contributed by atoms with E-state index in [1.54, 1.807) is 0 Å². The van der Waals surface area contributed by atoms with Gasteiger partial charge in [-0.05, 0) is 101 Å². The van der Waals surface area contributed by atoms with E-state index in [1.807, 2.05) is 45.8 Å². The number of likely N-dealkylation sites (tertiary alicyclic amines) is 1. The van der Waals surface area contributed by atoms with Gasteiger partial charge in [0.1, 0.15) is 5.60 Å². The second kappa shape index (κ2) is 9.81. The monoisotopic (exact) mass is 535 g/mol. The molecule has 40 heavy (non-hydrogen) atoms. The Morgan fingerprint density at radius 2 is 1.60 bits per heavy atom. The molecule has 3 aromatic heterocycles. The summed E-state index contributed by atoms with van der Waals surface area (Å²) in [5.41, 5.74) is 10.7. The summed E-state index contributed by atoms with van der Waals surface area (Å²) in [5.74, 6) is 0. The highest BCUT2D eigenvalue weighted by atomic mass is 16.6. The van der Waals surface area contributed by atoms with Crippen LogP contribution in [-0.2, 0) is 4.74 Å². The van der Waals surface area contributed by atoms with E-state index in [0.717, 1.165) is 57.6 Å². The molecule has 0 unspecified atom stereocenters. The van der Waals surface area contributed by atoms with E-state index < -0.39 is 5.60 Å². The predicted octanol–water partition coefficient (Wildman–Crippen LogP) is 7.74. The number of aryl methyl sites for hydroxylation is 3.